The van der Waals surface area contributed by atoms with E-state index in [0.29, 0.717) is 12.8 Å². The summed E-state index contributed by atoms with van der Waals surface area (Å²) in [6, 6.07) is 8.12. The maximum atomic E-state index is 11.8. The van der Waals surface area contributed by atoms with Gasteiger partial charge in [-0.05, 0) is 23.0 Å². The number of carbonyl (C=O) groups excluding carboxylic acids is 2. The quantitative estimate of drug-likeness (QED) is 0.773. The zero-order chi connectivity index (χ0) is 13.3. The van der Waals surface area contributed by atoms with Crippen molar-refractivity contribution in [1.29, 1.82) is 0 Å². The van der Waals surface area contributed by atoms with Gasteiger partial charge in [0.1, 0.15) is 0 Å². The second-order valence-corrected chi connectivity index (χ2v) is 5.88. The molecule has 2 amide bonds. The van der Waals surface area contributed by atoms with Crippen molar-refractivity contribution >= 4 is 11.8 Å². The third-order valence-electron chi connectivity index (χ3n) is 3.39. The number of hydrogen-bond acceptors (Lipinski definition) is 2. The Kier molecular flexibility index (Phi) is 3.24. The molecule has 0 saturated carbocycles. The topological polar surface area (TPSA) is 46.2 Å². The number of hydrogen-bond donors (Lipinski definition) is 1. The first-order valence-corrected chi connectivity index (χ1v) is 6.32. The molecule has 0 aliphatic carbocycles. The largest absolute Gasteiger partial charge is 0.296 e. The molecule has 0 radical (unpaired) electrons. The average molecular weight is 245 g/mol. The number of rotatable bonds is 1. The Bertz CT molecular complexity index is 486. The molecule has 1 aliphatic heterocycles. The third-order valence-corrected chi connectivity index (χ3v) is 3.39. The standard InChI is InChI=1S/C15H19NO2/c1-15(2,3)11-6-4-5-10(9-11)12-7-8-13(17)16-14(12)18/h4-6,9,12H,7-8H2,1-3H3,(H,16,17,18). The maximum absolute atomic E-state index is 11.8. The molecular formula is C15H19NO2. The van der Waals surface area contributed by atoms with Crippen LogP contribution >= 0.6 is 0 Å². The number of imide groups is 1. The van der Waals surface area contributed by atoms with Gasteiger partial charge in [-0.2, -0.15) is 0 Å². The van der Waals surface area contributed by atoms with Gasteiger partial charge in [0, 0.05) is 6.42 Å². The van der Waals surface area contributed by atoms with Crippen molar-refractivity contribution < 1.29 is 9.59 Å². The van der Waals surface area contributed by atoms with Crippen LogP contribution in [0.5, 0.6) is 0 Å². The molecule has 1 heterocycles. The Morgan fingerprint density at radius 1 is 1.22 bits per heavy atom. The van der Waals surface area contributed by atoms with Crippen molar-refractivity contribution in [1.82, 2.24) is 5.32 Å². The summed E-state index contributed by atoms with van der Waals surface area (Å²) in [5, 5.41) is 2.41. The van der Waals surface area contributed by atoms with Gasteiger partial charge in [-0.15, -0.1) is 0 Å². The molecular weight excluding hydrogens is 226 g/mol. The van der Waals surface area contributed by atoms with Gasteiger partial charge in [-0.25, -0.2) is 0 Å². The summed E-state index contributed by atoms with van der Waals surface area (Å²) < 4.78 is 0. The molecule has 3 heteroatoms. The molecule has 1 N–H and O–H groups in total. The second-order valence-electron chi connectivity index (χ2n) is 5.88. The second kappa shape index (κ2) is 4.56. The molecule has 1 aromatic rings. The molecule has 96 valence electrons. The number of carbonyl (C=O) groups is 2. The molecule has 0 bridgehead atoms. The van der Waals surface area contributed by atoms with Crippen molar-refractivity contribution in [2.45, 2.75) is 44.9 Å². The molecule has 2 rings (SSSR count). The van der Waals surface area contributed by atoms with Gasteiger partial charge in [0.2, 0.25) is 11.8 Å². The smallest absolute Gasteiger partial charge is 0.234 e. The van der Waals surface area contributed by atoms with E-state index in [-0.39, 0.29) is 23.1 Å². The first-order chi connectivity index (χ1) is 8.38. The number of amides is 2. The van der Waals surface area contributed by atoms with Crippen molar-refractivity contribution in [3.63, 3.8) is 0 Å². The monoisotopic (exact) mass is 245 g/mol. The highest BCUT2D eigenvalue weighted by atomic mass is 16.2. The van der Waals surface area contributed by atoms with E-state index >= 15 is 0 Å². The molecule has 1 atom stereocenters. The fourth-order valence-electron chi connectivity index (χ4n) is 2.23. The van der Waals surface area contributed by atoms with Gasteiger partial charge in [-0.3, -0.25) is 14.9 Å². The van der Waals surface area contributed by atoms with Crippen LogP contribution in [0.2, 0.25) is 0 Å². The van der Waals surface area contributed by atoms with Gasteiger partial charge in [-0.1, -0.05) is 45.0 Å². The number of nitrogens with one attached hydrogen (secondary N) is 1. The van der Waals surface area contributed by atoms with Gasteiger partial charge < -0.3 is 0 Å². The Balaban J connectivity index is 2.29. The number of benzene rings is 1. The summed E-state index contributed by atoms with van der Waals surface area (Å²) in [7, 11) is 0. The Morgan fingerprint density at radius 3 is 2.56 bits per heavy atom. The lowest BCUT2D eigenvalue weighted by molar-refractivity contribution is -0.134. The molecule has 0 spiro atoms. The lowest BCUT2D eigenvalue weighted by atomic mass is 9.83. The van der Waals surface area contributed by atoms with Crippen LogP contribution in [0.4, 0.5) is 0 Å². The van der Waals surface area contributed by atoms with Gasteiger partial charge in [0.05, 0.1) is 5.92 Å². The zero-order valence-electron chi connectivity index (χ0n) is 11.1. The van der Waals surface area contributed by atoms with Crippen LogP contribution in [0, 0.1) is 0 Å². The summed E-state index contributed by atoms with van der Waals surface area (Å²) in [4.78, 5) is 23.0. The van der Waals surface area contributed by atoms with Crippen molar-refractivity contribution in [3.8, 4) is 0 Å². The Labute approximate surface area is 108 Å². The highest BCUT2D eigenvalue weighted by Crippen LogP contribution is 2.29. The van der Waals surface area contributed by atoms with Crippen LogP contribution < -0.4 is 5.32 Å². The van der Waals surface area contributed by atoms with Crippen LogP contribution in [0.3, 0.4) is 0 Å². The third kappa shape index (κ3) is 2.61. The first-order valence-electron chi connectivity index (χ1n) is 6.32. The van der Waals surface area contributed by atoms with Crippen LogP contribution in [0.25, 0.3) is 0 Å². The zero-order valence-corrected chi connectivity index (χ0v) is 11.1. The van der Waals surface area contributed by atoms with Crippen LogP contribution in [-0.4, -0.2) is 11.8 Å². The highest BCUT2D eigenvalue weighted by Gasteiger charge is 2.28. The SMILES string of the molecule is CC(C)(C)c1cccc(C2CCC(=O)NC2=O)c1. The molecule has 1 saturated heterocycles. The van der Waals surface area contributed by atoms with E-state index in [4.69, 9.17) is 0 Å². The lowest BCUT2D eigenvalue weighted by Crippen LogP contribution is -2.39. The Hall–Kier alpha value is -1.64. The van der Waals surface area contributed by atoms with E-state index in [2.05, 4.69) is 38.2 Å². The van der Waals surface area contributed by atoms with Crippen molar-refractivity contribution in [2.24, 2.45) is 0 Å². The summed E-state index contributed by atoms with van der Waals surface area (Å²) in [5.74, 6) is -0.523. The van der Waals surface area contributed by atoms with Crippen LogP contribution in [0.15, 0.2) is 24.3 Å². The van der Waals surface area contributed by atoms with E-state index in [1.165, 1.54) is 5.56 Å². The fourth-order valence-corrected chi connectivity index (χ4v) is 2.23. The first kappa shape index (κ1) is 12.8. The Morgan fingerprint density at radius 2 is 1.94 bits per heavy atom. The predicted octanol–water partition coefficient (Wildman–Crippen LogP) is 2.50. The summed E-state index contributed by atoms with van der Waals surface area (Å²) in [6.07, 6.45) is 1.04. The number of piperidine rings is 1. The minimum Gasteiger partial charge on any atom is -0.296 e. The summed E-state index contributed by atoms with van der Waals surface area (Å²) in [5.41, 5.74) is 2.29. The van der Waals surface area contributed by atoms with Gasteiger partial charge in [0.15, 0.2) is 0 Å². The van der Waals surface area contributed by atoms with Gasteiger partial charge >= 0.3 is 0 Å². The molecule has 18 heavy (non-hydrogen) atoms. The fraction of sp³-hybridized carbons (Fsp3) is 0.467. The summed E-state index contributed by atoms with van der Waals surface area (Å²) >= 11 is 0. The summed E-state index contributed by atoms with van der Waals surface area (Å²) in [6.45, 7) is 6.45. The molecule has 1 aromatic carbocycles. The van der Waals surface area contributed by atoms with E-state index in [1.54, 1.807) is 0 Å². The van der Waals surface area contributed by atoms with E-state index in [9.17, 15) is 9.59 Å². The lowest BCUT2D eigenvalue weighted by Gasteiger charge is -2.24. The molecule has 3 nitrogen and oxygen atoms in total. The van der Waals surface area contributed by atoms with Gasteiger partial charge in [0.25, 0.3) is 0 Å². The molecule has 1 aliphatic rings. The van der Waals surface area contributed by atoms with E-state index < -0.39 is 0 Å². The van der Waals surface area contributed by atoms with Crippen LogP contribution in [-0.2, 0) is 15.0 Å². The molecule has 1 fully saturated rings. The normalized spacial score (nSPS) is 20.7. The van der Waals surface area contributed by atoms with Crippen molar-refractivity contribution in [3.05, 3.63) is 35.4 Å². The van der Waals surface area contributed by atoms with Crippen LogP contribution in [0.1, 0.15) is 50.7 Å². The predicted molar refractivity (Wildman–Crippen MR) is 70.3 cm³/mol. The minimum atomic E-state index is -0.190. The highest BCUT2D eigenvalue weighted by molar-refractivity contribution is 6.00. The molecule has 1 unspecified atom stereocenters. The van der Waals surface area contributed by atoms with E-state index in [0.717, 1.165) is 5.56 Å². The minimum absolute atomic E-state index is 0.0664. The van der Waals surface area contributed by atoms with E-state index in [1.807, 2.05) is 12.1 Å². The maximum Gasteiger partial charge on any atom is 0.234 e. The van der Waals surface area contributed by atoms with Crippen molar-refractivity contribution in [2.75, 3.05) is 0 Å². The molecule has 0 aromatic heterocycles. The average Bonchev–Trinajstić information content (AvgIpc) is 2.28.